The first-order valence-corrected chi connectivity index (χ1v) is 11.6. The number of nitrogens with one attached hydrogen (secondary N) is 1. The lowest BCUT2D eigenvalue weighted by molar-refractivity contribution is -0.117. The largest absolute Gasteiger partial charge is 0.487 e. The third-order valence-electron chi connectivity index (χ3n) is 4.58. The summed E-state index contributed by atoms with van der Waals surface area (Å²) in [4.78, 5) is 23.4. The van der Waals surface area contributed by atoms with Crippen LogP contribution in [-0.2, 0) is 17.9 Å². The van der Waals surface area contributed by atoms with E-state index in [0.717, 1.165) is 14.7 Å². The molecule has 1 amide bonds. The van der Waals surface area contributed by atoms with E-state index in [2.05, 4.69) is 43.8 Å². The minimum Gasteiger partial charge on any atom is -0.487 e. The molecular formula is C25H18BrIN2O4. The smallest absolute Gasteiger partial charge is 0.335 e. The first kappa shape index (κ1) is 24.5. The Bertz CT molecular complexity index is 1210. The molecule has 2 N–H and O–H groups in total. The Labute approximate surface area is 213 Å². The molecule has 0 aliphatic rings. The van der Waals surface area contributed by atoms with Crippen molar-refractivity contribution in [1.82, 2.24) is 5.32 Å². The molecule has 3 aromatic rings. The van der Waals surface area contributed by atoms with Gasteiger partial charge in [-0.1, -0.05) is 42.5 Å². The van der Waals surface area contributed by atoms with E-state index in [1.165, 1.54) is 18.2 Å². The minimum absolute atomic E-state index is 0.000759. The third-order valence-corrected chi connectivity index (χ3v) is 5.97. The molecule has 0 radical (unpaired) electrons. The normalized spacial score (nSPS) is 10.9. The van der Waals surface area contributed by atoms with E-state index < -0.39 is 11.9 Å². The Morgan fingerprint density at radius 1 is 1.09 bits per heavy atom. The molecule has 6 nitrogen and oxygen atoms in total. The van der Waals surface area contributed by atoms with Gasteiger partial charge >= 0.3 is 5.97 Å². The molecule has 33 heavy (non-hydrogen) atoms. The summed E-state index contributed by atoms with van der Waals surface area (Å²) < 4.78 is 7.37. The molecule has 0 aliphatic heterocycles. The average molecular weight is 617 g/mol. The Balaban J connectivity index is 1.69. The van der Waals surface area contributed by atoms with Gasteiger partial charge in [-0.05, 0) is 85.6 Å². The number of benzene rings is 3. The second-order valence-corrected chi connectivity index (χ2v) is 8.96. The number of carbonyl (C=O) groups is 2. The lowest BCUT2D eigenvalue weighted by atomic mass is 10.1. The van der Waals surface area contributed by atoms with Crippen LogP contribution in [0.2, 0.25) is 0 Å². The van der Waals surface area contributed by atoms with Crippen LogP contribution in [0.1, 0.15) is 27.0 Å². The van der Waals surface area contributed by atoms with Crippen molar-refractivity contribution in [1.29, 1.82) is 5.26 Å². The maximum Gasteiger partial charge on any atom is 0.335 e. The summed E-state index contributed by atoms with van der Waals surface area (Å²) in [6, 6.07) is 21.5. The molecule has 3 rings (SSSR count). The van der Waals surface area contributed by atoms with E-state index in [1.54, 1.807) is 18.2 Å². The Kier molecular flexibility index (Phi) is 8.63. The van der Waals surface area contributed by atoms with Crippen LogP contribution in [0.4, 0.5) is 0 Å². The van der Waals surface area contributed by atoms with Gasteiger partial charge in [-0.2, -0.15) is 5.26 Å². The van der Waals surface area contributed by atoms with Crippen molar-refractivity contribution >= 4 is 56.5 Å². The number of rotatable bonds is 8. The Hall–Kier alpha value is -3.16. The maximum atomic E-state index is 12.4. The van der Waals surface area contributed by atoms with Gasteiger partial charge in [0, 0.05) is 6.54 Å². The molecule has 0 saturated carbocycles. The molecule has 0 unspecified atom stereocenters. The summed E-state index contributed by atoms with van der Waals surface area (Å²) in [6.07, 6.45) is 1.53. The van der Waals surface area contributed by atoms with Crippen molar-refractivity contribution < 1.29 is 19.4 Å². The van der Waals surface area contributed by atoms with Crippen LogP contribution in [0.15, 0.2) is 76.8 Å². The molecule has 0 fully saturated rings. The second kappa shape index (κ2) is 11.6. The van der Waals surface area contributed by atoms with Crippen LogP contribution in [0.5, 0.6) is 5.75 Å². The number of nitriles is 1. The van der Waals surface area contributed by atoms with Crippen LogP contribution in [0.3, 0.4) is 0 Å². The van der Waals surface area contributed by atoms with Gasteiger partial charge in [-0.15, -0.1) is 0 Å². The van der Waals surface area contributed by atoms with Crippen molar-refractivity contribution in [3.8, 4) is 11.8 Å². The summed E-state index contributed by atoms with van der Waals surface area (Å²) in [5, 5.41) is 21.2. The number of carboxylic acid groups (broad SMARTS) is 1. The highest BCUT2D eigenvalue weighted by Gasteiger charge is 2.13. The number of carbonyl (C=O) groups excluding carboxylic acids is 1. The SMILES string of the molecule is N#C/C(=C/c1cc(Br)c(OCc2ccc(C(=O)O)cc2)c(I)c1)C(=O)NCc1ccccc1. The van der Waals surface area contributed by atoms with Crippen LogP contribution < -0.4 is 10.1 Å². The van der Waals surface area contributed by atoms with E-state index in [1.807, 2.05) is 42.5 Å². The van der Waals surface area contributed by atoms with E-state index in [0.29, 0.717) is 22.3 Å². The summed E-state index contributed by atoms with van der Waals surface area (Å²) in [5.41, 5.74) is 2.66. The number of amides is 1. The van der Waals surface area contributed by atoms with Crippen molar-refractivity contribution in [2.75, 3.05) is 0 Å². The summed E-state index contributed by atoms with van der Waals surface area (Å²) in [5.74, 6) is -0.811. The van der Waals surface area contributed by atoms with Crippen molar-refractivity contribution in [3.05, 3.63) is 103 Å². The number of hydrogen-bond acceptors (Lipinski definition) is 4. The first-order valence-electron chi connectivity index (χ1n) is 9.75. The lowest BCUT2D eigenvalue weighted by Gasteiger charge is -2.12. The highest BCUT2D eigenvalue weighted by Crippen LogP contribution is 2.33. The molecule has 3 aromatic carbocycles. The molecule has 0 aromatic heterocycles. The first-order chi connectivity index (χ1) is 15.9. The molecule has 8 heteroatoms. The molecule has 0 saturated heterocycles. The average Bonchev–Trinajstić information content (AvgIpc) is 2.81. The van der Waals surface area contributed by atoms with Crippen LogP contribution in [0.25, 0.3) is 6.08 Å². The molecule has 0 aliphatic carbocycles. The van der Waals surface area contributed by atoms with Crippen LogP contribution in [-0.4, -0.2) is 17.0 Å². The van der Waals surface area contributed by atoms with E-state index >= 15 is 0 Å². The number of halogens is 2. The third kappa shape index (κ3) is 6.91. The zero-order chi connectivity index (χ0) is 23.8. The molecule has 0 bridgehead atoms. The topological polar surface area (TPSA) is 99.4 Å². The van der Waals surface area contributed by atoms with Gasteiger partial charge in [0.05, 0.1) is 13.6 Å². The maximum absolute atomic E-state index is 12.4. The molecule has 166 valence electrons. The highest BCUT2D eigenvalue weighted by atomic mass is 127. The molecule has 0 heterocycles. The number of ether oxygens (including phenoxy) is 1. The number of nitrogens with zero attached hydrogens (tertiary/aromatic N) is 1. The zero-order valence-electron chi connectivity index (χ0n) is 17.2. The van der Waals surface area contributed by atoms with Gasteiger partial charge in [0.25, 0.3) is 5.91 Å². The number of carboxylic acids is 1. The van der Waals surface area contributed by atoms with Gasteiger partial charge in [0.2, 0.25) is 0 Å². The predicted octanol–water partition coefficient (Wildman–Crippen LogP) is 5.55. The van der Waals surface area contributed by atoms with Crippen molar-refractivity contribution in [3.63, 3.8) is 0 Å². The lowest BCUT2D eigenvalue weighted by Crippen LogP contribution is -2.23. The Morgan fingerprint density at radius 3 is 2.39 bits per heavy atom. The van der Waals surface area contributed by atoms with Gasteiger partial charge in [-0.25, -0.2) is 4.79 Å². The van der Waals surface area contributed by atoms with Crippen molar-refractivity contribution in [2.45, 2.75) is 13.2 Å². The quantitative estimate of drug-likeness (QED) is 0.196. The standard InChI is InChI=1S/C25H18BrIN2O4/c26-21-11-18(10-20(13-28)24(30)29-14-16-4-2-1-3-5-16)12-22(27)23(21)33-15-17-6-8-19(9-7-17)25(31)32/h1-12H,14-15H2,(H,29,30)(H,31,32)/b20-10-. The Morgan fingerprint density at radius 2 is 1.79 bits per heavy atom. The summed E-state index contributed by atoms with van der Waals surface area (Å²) in [7, 11) is 0. The van der Waals surface area contributed by atoms with Crippen LogP contribution in [0, 0.1) is 14.9 Å². The van der Waals surface area contributed by atoms with Gasteiger partial charge < -0.3 is 15.2 Å². The van der Waals surface area contributed by atoms with Crippen LogP contribution >= 0.6 is 38.5 Å². The highest BCUT2D eigenvalue weighted by molar-refractivity contribution is 14.1. The summed E-state index contributed by atoms with van der Waals surface area (Å²) in [6.45, 7) is 0.592. The minimum atomic E-state index is -0.978. The fraction of sp³-hybridized carbons (Fsp3) is 0.0800. The molecule has 0 atom stereocenters. The van der Waals surface area contributed by atoms with Crippen molar-refractivity contribution in [2.24, 2.45) is 0 Å². The van der Waals surface area contributed by atoms with Gasteiger partial charge in [0.1, 0.15) is 24.0 Å². The predicted molar refractivity (Wildman–Crippen MR) is 136 cm³/mol. The summed E-state index contributed by atoms with van der Waals surface area (Å²) >= 11 is 5.62. The molecule has 0 spiro atoms. The van der Waals surface area contributed by atoms with E-state index in [4.69, 9.17) is 9.84 Å². The van der Waals surface area contributed by atoms with Gasteiger partial charge in [0.15, 0.2) is 0 Å². The van der Waals surface area contributed by atoms with E-state index in [9.17, 15) is 14.9 Å². The molecular weight excluding hydrogens is 599 g/mol. The number of hydrogen-bond donors (Lipinski definition) is 2. The van der Waals surface area contributed by atoms with Gasteiger partial charge in [-0.3, -0.25) is 4.79 Å². The second-order valence-electron chi connectivity index (χ2n) is 6.94. The zero-order valence-corrected chi connectivity index (χ0v) is 21.0. The fourth-order valence-corrected chi connectivity index (χ4v) is 4.66. The monoisotopic (exact) mass is 616 g/mol. The van der Waals surface area contributed by atoms with E-state index in [-0.39, 0.29) is 17.7 Å². The fourth-order valence-electron chi connectivity index (χ4n) is 2.89. The number of aromatic carboxylic acids is 1.